The number of nitrogens with one attached hydrogen (secondary N) is 2. The van der Waals surface area contributed by atoms with E-state index in [1.807, 2.05) is 27.2 Å². The van der Waals surface area contributed by atoms with Crippen LogP contribution in [0.3, 0.4) is 0 Å². The lowest BCUT2D eigenvalue weighted by molar-refractivity contribution is 0.318. The molecule has 120 valence electrons. The average molecular weight is 332 g/mol. The zero-order valence-corrected chi connectivity index (χ0v) is 14.6. The summed E-state index contributed by atoms with van der Waals surface area (Å²) in [5.41, 5.74) is 0. The Kier molecular flexibility index (Phi) is 6.99. The second-order valence-corrected chi connectivity index (χ2v) is 8.49. The van der Waals surface area contributed by atoms with Crippen LogP contribution in [0.15, 0.2) is 29.2 Å². The van der Waals surface area contributed by atoms with Crippen molar-refractivity contribution >= 4 is 21.8 Å². The van der Waals surface area contributed by atoms with Crippen LogP contribution < -0.4 is 14.8 Å². The van der Waals surface area contributed by atoms with Crippen LogP contribution in [-0.2, 0) is 10.0 Å². The third-order valence-electron chi connectivity index (χ3n) is 3.00. The van der Waals surface area contributed by atoms with E-state index in [1.165, 1.54) is 0 Å². The fourth-order valence-corrected chi connectivity index (χ4v) is 2.93. The van der Waals surface area contributed by atoms with Crippen LogP contribution in [0.4, 0.5) is 0 Å². The number of hydrogen-bond acceptors (Lipinski definition) is 5. The fraction of sp³-hybridized carbons (Fsp3) is 0.571. The van der Waals surface area contributed by atoms with Gasteiger partial charge in [0.15, 0.2) is 0 Å². The van der Waals surface area contributed by atoms with Gasteiger partial charge in [0, 0.05) is 17.8 Å². The molecule has 0 atom stereocenters. The van der Waals surface area contributed by atoms with E-state index in [4.69, 9.17) is 4.74 Å². The third-order valence-corrected chi connectivity index (χ3v) is 5.66. The SMILES string of the molecule is CNCCOc1ccc(S(=O)(=O)NCC(C)(C)SC)cc1. The summed E-state index contributed by atoms with van der Waals surface area (Å²) in [7, 11) is -1.63. The van der Waals surface area contributed by atoms with Crippen molar-refractivity contribution in [3.8, 4) is 5.75 Å². The van der Waals surface area contributed by atoms with Gasteiger partial charge in [0.05, 0.1) is 4.90 Å². The minimum absolute atomic E-state index is 0.136. The van der Waals surface area contributed by atoms with Crippen molar-refractivity contribution in [1.29, 1.82) is 0 Å². The molecule has 0 aliphatic rings. The van der Waals surface area contributed by atoms with Crippen LogP contribution in [0.1, 0.15) is 13.8 Å². The zero-order valence-electron chi connectivity index (χ0n) is 13.0. The van der Waals surface area contributed by atoms with Gasteiger partial charge in [-0.1, -0.05) is 0 Å². The Labute approximate surface area is 131 Å². The molecule has 21 heavy (non-hydrogen) atoms. The van der Waals surface area contributed by atoms with Crippen LogP contribution in [0, 0.1) is 0 Å². The number of sulfonamides is 1. The molecule has 0 aliphatic heterocycles. The van der Waals surface area contributed by atoms with Crippen LogP contribution in [0.5, 0.6) is 5.75 Å². The molecule has 1 rings (SSSR count). The average Bonchev–Trinajstić information content (AvgIpc) is 2.46. The lowest BCUT2D eigenvalue weighted by Crippen LogP contribution is -2.36. The number of hydrogen-bond donors (Lipinski definition) is 2. The molecule has 0 saturated heterocycles. The van der Waals surface area contributed by atoms with E-state index in [2.05, 4.69) is 10.0 Å². The van der Waals surface area contributed by atoms with Gasteiger partial charge in [-0.3, -0.25) is 0 Å². The summed E-state index contributed by atoms with van der Waals surface area (Å²) in [6.07, 6.45) is 1.96. The normalized spacial score (nSPS) is 12.4. The second-order valence-electron chi connectivity index (χ2n) is 5.21. The first kappa shape index (κ1) is 18.3. The summed E-state index contributed by atoms with van der Waals surface area (Å²) >= 11 is 1.62. The topological polar surface area (TPSA) is 67.4 Å². The van der Waals surface area contributed by atoms with Gasteiger partial charge in [-0.25, -0.2) is 13.1 Å². The summed E-state index contributed by atoms with van der Waals surface area (Å²) in [6.45, 7) is 5.67. The first-order valence-electron chi connectivity index (χ1n) is 6.73. The Hall–Kier alpha value is -0.760. The molecule has 2 N–H and O–H groups in total. The number of benzene rings is 1. The number of ether oxygens (including phenoxy) is 1. The molecule has 0 bridgehead atoms. The fourth-order valence-electron chi connectivity index (χ4n) is 1.41. The highest BCUT2D eigenvalue weighted by atomic mass is 32.2. The first-order chi connectivity index (χ1) is 9.80. The van der Waals surface area contributed by atoms with E-state index in [-0.39, 0.29) is 9.64 Å². The van der Waals surface area contributed by atoms with E-state index in [1.54, 1.807) is 36.0 Å². The predicted octanol–water partition coefficient (Wildman–Crippen LogP) is 1.70. The first-order valence-corrected chi connectivity index (χ1v) is 9.44. The Balaban J connectivity index is 2.67. The summed E-state index contributed by atoms with van der Waals surface area (Å²) in [5, 5.41) is 2.98. The van der Waals surface area contributed by atoms with Crippen LogP contribution in [0.2, 0.25) is 0 Å². The van der Waals surface area contributed by atoms with Crippen LogP contribution in [-0.4, -0.2) is 46.2 Å². The van der Waals surface area contributed by atoms with E-state index < -0.39 is 10.0 Å². The molecule has 0 saturated carbocycles. The van der Waals surface area contributed by atoms with Crippen molar-refractivity contribution in [3.05, 3.63) is 24.3 Å². The molecular formula is C14H24N2O3S2. The minimum atomic E-state index is -3.48. The van der Waals surface area contributed by atoms with Crippen molar-refractivity contribution in [2.24, 2.45) is 0 Å². The standard InChI is InChI=1S/C14H24N2O3S2/c1-14(2,20-4)11-16-21(17,18)13-7-5-12(6-8-13)19-10-9-15-3/h5-8,15-16H,9-11H2,1-4H3. The van der Waals surface area contributed by atoms with Crippen LogP contribution in [0.25, 0.3) is 0 Å². The zero-order chi connectivity index (χ0) is 15.9. The van der Waals surface area contributed by atoms with Gasteiger partial charge < -0.3 is 10.1 Å². The molecule has 0 amide bonds. The highest BCUT2D eigenvalue weighted by molar-refractivity contribution is 8.00. The predicted molar refractivity (Wildman–Crippen MR) is 88.6 cm³/mol. The summed E-state index contributed by atoms with van der Waals surface area (Å²) in [6, 6.07) is 6.46. The van der Waals surface area contributed by atoms with E-state index >= 15 is 0 Å². The van der Waals surface area contributed by atoms with Gasteiger partial charge in [0.1, 0.15) is 12.4 Å². The monoisotopic (exact) mass is 332 g/mol. The van der Waals surface area contributed by atoms with Gasteiger partial charge in [0.25, 0.3) is 0 Å². The van der Waals surface area contributed by atoms with Crippen molar-refractivity contribution < 1.29 is 13.2 Å². The quantitative estimate of drug-likeness (QED) is 0.674. The maximum atomic E-state index is 12.2. The number of rotatable bonds is 9. The van der Waals surface area contributed by atoms with Gasteiger partial charge >= 0.3 is 0 Å². The molecule has 7 heteroatoms. The Bertz CT molecular complexity index is 528. The Morgan fingerprint density at radius 2 is 1.86 bits per heavy atom. The molecular weight excluding hydrogens is 308 g/mol. The highest BCUT2D eigenvalue weighted by Gasteiger charge is 2.21. The van der Waals surface area contributed by atoms with E-state index in [9.17, 15) is 8.42 Å². The van der Waals surface area contributed by atoms with Crippen molar-refractivity contribution in [2.45, 2.75) is 23.5 Å². The van der Waals surface area contributed by atoms with Crippen LogP contribution >= 0.6 is 11.8 Å². The van der Waals surface area contributed by atoms with Gasteiger partial charge in [-0.2, -0.15) is 11.8 Å². The van der Waals surface area contributed by atoms with E-state index in [0.29, 0.717) is 18.9 Å². The molecule has 0 aromatic heterocycles. The molecule has 0 radical (unpaired) electrons. The van der Waals surface area contributed by atoms with Gasteiger partial charge in [-0.05, 0) is 51.4 Å². The molecule has 5 nitrogen and oxygen atoms in total. The molecule has 1 aromatic carbocycles. The lowest BCUT2D eigenvalue weighted by Gasteiger charge is -2.22. The molecule has 0 heterocycles. The molecule has 1 aromatic rings. The number of thioether (sulfide) groups is 1. The van der Waals surface area contributed by atoms with Crippen molar-refractivity contribution in [2.75, 3.05) is 33.0 Å². The highest BCUT2D eigenvalue weighted by Crippen LogP contribution is 2.21. The summed E-state index contributed by atoms with van der Waals surface area (Å²) < 4.78 is 32.4. The van der Waals surface area contributed by atoms with Gasteiger partial charge in [-0.15, -0.1) is 0 Å². The van der Waals surface area contributed by atoms with Crippen molar-refractivity contribution in [1.82, 2.24) is 10.0 Å². The smallest absolute Gasteiger partial charge is 0.240 e. The maximum Gasteiger partial charge on any atom is 0.240 e. The second kappa shape index (κ2) is 8.03. The number of likely N-dealkylation sites (N-methyl/N-ethyl adjacent to an activating group) is 1. The third kappa shape index (κ3) is 6.25. The largest absolute Gasteiger partial charge is 0.492 e. The minimum Gasteiger partial charge on any atom is -0.492 e. The molecule has 0 aliphatic carbocycles. The summed E-state index contributed by atoms with van der Waals surface area (Å²) in [5.74, 6) is 0.661. The van der Waals surface area contributed by atoms with Crippen molar-refractivity contribution in [3.63, 3.8) is 0 Å². The molecule has 0 unspecified atom stereocenters. The Morgan fingerprint density at radius 1 is 1.24 bits per heavy atom. The Morgan fingerprint density at radius 3 is 2.38 bits per heavy atom. The van der Waals surface area contributed by atoms with E-state index in [0.717, 1.165) is 6.54 Å². The molecule has 0 spiro atoms. The molecule has 0 fully saturated rings. The summed E-state index contributed by atoms with van der Waals surface area (Å²) in [4.78, 5) is 0.250. The van der Waals surface area contributed by atoms with Gasteiger partial charge in [0.2, 0.25) is 10.0 Å². The maximum absolute atomic E-state index is 12.2. The lowest BCUT2D eigenvalue weighted by atomic mass is 10.2.